The van der Waals surface area contributed by atoms with Gasteiger partial charge in [-0.2, -0.15) is 0 Å². The number of rotatable bonds is 2. The van der Waals surface area contributed by atoms with Crippen molar-refractivity contribution in [2.24, 2.45) is 5.73 Å². The summed E-state index contributed by atoms with van der Waals surface area (Å²) in [6, 6.07) is 13.2. The van der Waals surface area contributed by atoms with Crippen molar-refractivity contribution >= 4 is 11.6 Å². The number of hydrogen-bond acceptors (Lipinski definition) is 2. The largest absolute Gasteiger partial charge is 0.322 e. The van der Waals surface area contributed by atoms with E-state index >= 15 is 0 Å². The highest BCUT2D eigenvalue weighted by molar-refractivity contribution is 6.05. The second-order valence-corrected chi connectivity index (χ2v) is 4.80. The number of carbonyl (C=O) groups is 1. The molecule has 0 saturated heterocycles. The lowest BCUT2D eigenvalue weighted by molar-refractivity contribution is 0.102. The van der Waals surface area contributed by atoms with Crippen molar-refractivity contribution in [1.82, 2.24) is 0 Å². The molecule has 0 spiro atoms. The molecule has 0 heterocycles. The van der Waals surface area contributed by atoms with E-state index in [1.807, 2.05) is 56.3 Å². The number of anilines is 1. The third-order valence-corrected chi connectivity index (χ3v) is 3.21. The molecule has 0 aliphatic carbocycles. The molecule has 1 amide bonds. The Kier molecular flexibility index (Phi) is 4.76. The fourth-order valence-electron chi connectivity index (χ4n) is 2.01. The van der Waals surface area contributed by atoms with Crippen LogP contribution in [0.1, 0.15) is 27.0 Å². The summed E-state index contributed by atoms with van der Waals surface area (Å²) in [6.07, 6.45) is 0. The average molecular weight is 278 g/mol. The third kappa shape index (κ3) is 3.71. The van der Waals surface area contributed by atoms with Gasteiger partial charge < -0.3 is 11.1 Å². The SMILES string of the molecule is Cc1ccc(NC(=O)c2ccccc2C)cc1C#CCN. The highest BCUT2D eigenvalue weighted by atomic mass is 16.1. The maximum atomic E-state index is 12.3. The van der Waals surface area contributed by atoms with Crippen LogP contribution in [-0.4, -0.2) is 12.5 Å². The van der Waals surface area contributed by atoms with Crippen LogP contribution in [0.15, 0.2) is 42.5 Å². The lowest BCUT2D eigenvalue weighted by atomic mass is 10.1. The monoisotopic (exact) mass is 278 g/mol. The number of benzene rings is 2. The molecule has 3 nitrogen and oxygen atoms in total. The second kappa shape index (κ2) is 6.74. The summed E-state index contributed by atoms with van der Waals surface area (Å²) in [7, 11) is 0. The molecule has 0 bridgehead atoms. The van der Waals surface area contributed by atoms with Crippen LogP contribution in [0.5, 0.6) is 0 Å². The Balaban J connectivity index is 2.24. The molecule has 0 radical (unpaired) electrons. The first-order valence-corrected chi connectivity index (χ1v) is 6.78. The molecule has 0 unspecified atom stereocenters. The van der Waals surface area contributed by atoms with Crippen molar-refractivity contribution in [1.29, 1.82) is 0 Å². The quantitative estimate of drug-likeness (QED) is 0.830. The summed E-state index contributed by atoms with van der Waals surface area (Å²) in [4.78, 5) is 12.3. The van der Waals surface area contributed by atoms with Crippen LogP contribution in [0.3, 0.4) is 0 Å². The predicted octanol–water partition coefficient (Wildman–Crippen LogP) is 2.87. The number of nitrogens with one attached hydrogen (secondary N) is 1. The first-order valence-electron chi connectivity index (χ1n) is 6.78. The zero-order valence-corrected chi connectivity index (χ0v) is 12.2. The van der Waals surface area contributed by atoms with Gasteiger partial charge in [0.05, 0.1) is 6.54 Å². The number of hydrogen-bond donors (Lipinski definition) is 2. The van der Waals surface area contributed by atoms with E-state index < -0.39 is 0 Å². The summed E-state index contributed by atoms with van der Waals surface area (Å²) in [6.45, 7) is 4.22. The van der Waals surface area contributed by atoms with Gasteiger partial charge in [-0.05, 0) is 43.2 Å². The van der Waals surface area contributed by atoms with Gasteiger partial charge >= 0.3 is 0 Å². The molecule has 3 heteroatoms. The van der Waals surface area contributed by atoms with E-state index in [0.29, 0.717) is 12.1 Å². The predicted molar refractivity (Wildman–Crippen MR) is 86.2 cm³/mol. The Bertz CT molecular complexity index is 723. The van der Waals surface area contributed by atoms with E-state index in [1.54, 1.807) is 0 Å². The molecule has 2 aromatic carbocycles. The normalized spacial score (nSPS) is 9.67. The van der Waals surface area contributed by atoms with E-state index in [9.17, 15) is 4.79 Å². The molecule has 0 atom stereocenters. The molecule has 2 aromatic rings. The van der Waals surface area contributed by atoms with Gasteiger partial charge in [0.25, 0.3) is 5.91 Å². The number of carbonyl (C=O) groups excluding carboxylic acids is 1. The molecule has 0 aliphatic rings. The zero-order chi connectivity index (χ0) is 15.2. The minimum absolute atomic E-state index is 0.116. The molecule has 2 rings (SSSR count). The van der Waals surface area contributed by atoms with Gasteiger partial charge in [0.15, 0.2) is 0 Å². The molecule has 0 fully saturated rings. The minimum Gasteiger partial charge on any atom is -0.322 e. The highest BCUT2D eigenvalue weighted by Gasteiger charge is 2.09. The lowest BCUT2D eigenvalue weighted by Gasteiger charge is -2.09. The van der Waals surface area contributed by atoms with Crippen molar-refractivity contribution in [2.75, 3.05) is 11.9 Å². The minimum atomic E-state index is -0.116. The van der Waals surface area contributed by atoms with Crippen LogP contribution in [0.25, 0.3) is 0 Å². The van der Waals surface area contributed by atoms with Crippen LogP contribution >= 0.6 is 0 Å². The second-order valence-electron chi connectivity index (χ2n) is 4.80. The molecular weight excluding hydrogens is 260 g/mol. The topological polar surface area (TPSA) is 55.1 Å². The van der Waals surface area contributed by atoms with Crippen LogP contribution in [0.4, 0.5) is 5.69 Å². The number of nitrogens with two attached hydrogens (primary N) is 1. The summed E-state index contributed by atoms with van der Waals surface area (Å²) < 4.78 is 0. The molecule has 0 aliphatic heterocycles. The van der Waals surface area contributed by atoms with Gasteiger partial charge in [-0.15, -0.1) is 0 Å². The summed E-state index contributed by atoms with van der Waals surface area (Å²) in [5.74, 6) is 5.73. The Hall–Kier alpha value is -2.57. The molecule has 0 saturated carbocycles. The van der Waals surface area contributed by atoms with Crippen molar-refractivity contribution < 1.29 is 4.79 Å². The van der Waals surface area contributed by atoms with Gasteiger partial charge in [-0.1, -0.05) is 36.1 Å². The summed E-state index contributed by atoms with van der Waals surface area (Å²) in [5.41, 5.74) is 9.69. The zero-order valence-electron chi connectivity index (χ0n) is 12.2. The standard InChI is InChI=1S/C18H18N2O/c1-13-9-10-16(12-15(13)7-5-11-19)20-18(21)17-8-4-3-6-14(17)2/h3-4,6,8-10,12H,11,19H2,1-2H3,(H,20,21). The number of aryl methyl sites for hydroxylation is 2. The first-order chi connectivity index (χ1) is 10.1. The van der Waals surface area contributed by atoms with Gasteiger partial charge in [0, 0.05) is 16.8 Å². The van der Waals surface area contributed by atoms with Gasteiger partial charge in [0.1, 0.15) is 0 Å². The Morgan fingerprint density at radius 1 is 1.14 bits per heavy atom. The van der Waals surface area contributed by atoms with Crippen molar-refractivity contribution in [3.8, 4) is 11.8 Å². The lowest BCUT2D eigenvalue weighted by Crippen LogP contribution is -2.13. The third-order valence-electron chi connectivity index (χ3n) is 3.21. The molecule has 106 valence electrons. The van der Waals surface area contributed by atoms with Crippen LogP contribution in [-0.2, 0) is 0 Å². The molecule has 21 heavy (non-hydrogen) atoms. The van der Waals surface area contributed by atoms with Crippen molar-refractivity contribution in [3.63, 3.8) is 0 Å². The van der Waals surface area contributed by atoms with Crippen molar-refractivity contribution in [3.05, 3.63) is 64.7 Å². The Morgan fingerprint density at radius 2 is 1.90 bits per heavy atom. The van der Waals surface area contributed by atoms with Crippen LogP contribution < -0.4 is 11.1 Å². The molecule has 0 aromatic heterocycles. The fourth-order valence-corrected chi connectivity index (χ4v) is 2.01. The molecular formula is C18H18N2O. The van der Waals surface area contributed by atoms with E-state index in [-0.39, 0.29) is 5.91 Å². The van der Waals surface area contributed by atoms with E-state index in [4.69, 9.17) is 5.73 Å². The van der Waals surface area contributed by atoms with Crippen LogP contribution in [0.2, 0.25) is 0 Å². The maximum absolute atomic E-state index is 12.3. The van der Waals surface area contributed by atoms with Gasteiger partial charge in [-0.3, -0.25) is 4.79 Å². The van der Waals surface area contributed by atoms with E-state index in [0.717, 1.165) is 22.4 Å². The van der Waals surface area contributed by atoms with E-state index in [2.05, 4.69) is 17.2 Å². The first kappa shape index (κ1) is 14.8. The Morgan fingerprint density at radius 3 is 2.62 bits per heavy atom. The highest BCUT2D eigenvalue weighted by Crippen LogP contribution is 2.16. The number of amides is 1. The van der Waals surface area contributed by atoms with Crippen molar-refractivity contribution in [2.45, 2.75) is 13.8 Å². The van der Waals surface area contributed by atoms with Crippen LogP contribution in [0, 0.1) is 25.7 Å². The Labute approximate surface area is 125 Å². The molecule has 3 N–H and O–H groups in total. The maximum Gasteiger partial charge on any atom is 0.255 e. The summed E-state index contributed by atoms with van der Waals surface area (Å²) >= 11 is 0. The van der Waals surface area contributed by atoms with Gasteiger partial charge in [-0.25, -0.2) is 0 Å². The smallest absolute Gasteiger partial charge is 0.255 e. The average Bonchev–Trinajstić information content (AvgIpc) is 2.48. The fraction of sp³-hybridized carbons (Fsp3) is 0.167. The van der Waals surface area contributed by atoms with Gasteiger partial charge in [0.2, 0.25) is 0 Å². The van der Waals surface area contributed by atoms with E-state index in [1.165, 1.54) is 0 Å². The summed E-state index contributed by atoms with van der Waals surface area (Å²) in [5, 5.41) is 2.91.